The van der Waals surface area contributed by atoms with Crippen molar-refractivity contribution in [2.45, 2.75) is 25.2 Å². The molecule has 0 bridgehead atoms. The van der Waals surface area contributed by atoms with Gasteiger partial charge >= 0.3 is 6.03 Å². The number of carbonyl (C=O) groups excluding carboxylic acids is 1. The third-order valence-corrected chi connectivity index (χ3v) is 5.14. The van der Waals surface area contributed by atoms with Crippen molar-refractivity contribution in [1.82, 2.24) is 9.97 Å². The van der Waals surface area contributed by atoms with Crippen LogP contribution in [0.2, 0.25) is 0 Å². The maximum absolute atomic E-state index is 12.1. The highest BCUT2D eigenvalue weighted by atomic mass is 32.1. The number of aromatic nitrogens is 2. The van der Waals surface area contributed by atoms with Gasteiger partial charge in [-0.3, -0.25) is 5.32 Å². The molecule has 2 aromatic heterocycles. The lowest BCUT2D eigenvalue weighted by Crippen LogP contribution is -2.19. The van der Waals surface area contributed by atoms with Crippen LogP contribution in [-0.2, 0) is 0 Å². The molecule has 5 nitrogen and oxygen atoms in total. The zero-order valence-electron chi connectivity index (χ0n) is 11.9. The summed E-state index contributed by atoms with van der Waals surface area (Å²) < 4.78 is 0. The third kappa shape index (κ3) is 2.57. The molecule has 0 aliphatic heterocycles. The maximum atomic E-state index is 12.1. The Morgan fingerprint density at radius 1 is 1.27 bits per heavy atom. The summed E-state index contributed by atoms with van der Waals surface area (Å²) in [4.78, 5) is 20.7. The van der Waals surface area contributed by atoms with Crippen molar-refractivity contribution in [3.05, 3.63) is 41.5 Å². The summed E-state index contributed by atoms with van der Waals surface area (Å²) in [6, 6.07) is 7.48. The summed E-state index contributed by atoms with van der Waals surface area (Å²) >= 11 is 1.57. The van der Waals surface area contributed by atoms with Gasteiger partial charge in [0.25, 0.3) is 0 Å². The van der Waals surface area contributed by atoms with Gasteiger partial charge in [-0.2, -0.15) is 0 Å². The highest BCUT2D eigenvalue weighted by Crippen LogP contribution is 2.39. The molecular formula is C16H16N4OS. The van der Waals surface area contributed by atoms with Crippen LogP contribution in [0.15, 0.2) is 36.7 Å². The normalized spacial score (nSPS) is 14.7. The van der Waals surface area contributed by atoms with Crippen molar-refractivity contribution in [2.75, 3.05) is 10.6 Å². The molecule has 2 amide bonds. The number of thiazole rings is 1. The van der Waals surface area contributed by atoms with Gasteiger partial charge in [0.15, 0.2) is 5.13 Å². The van der Waals surface area contributed by atoms with Crippen molar-refractivity contribution in [3.63, 3.8) is 0 Å². The Morgan fingerprint density at radius 3 is 3.00 bits per heavy atom. The number of amides is 2. The number of nitrogens with one attached hydrogen (secondary N) is 3. The van der Waals surface area contributed by atoms with Crippen LogP contribution in [0.5, 0.6) is 0 Å². The molecule has 1 aromatic carbocycles. The summed E-state index contributed by atoms with van der Waals surface area (Å²) in [5.74, 6) is 0.645. The quantitative estimate of drug-likeness (QED) is 0.664. The van der Waals surface area contributed by atoms with Gasteiger partial charge < -0.3 is 10.3 Å². The van der Waals surface area contributed by atoms with E-state index in [0.717, 1.165) is 16.6 Å². The molecule has 0 unspecified atom stereocenters. The van der Waals surface area contributed by atoms with E-state index in [2.05, 4.69) is 20.6 Å². The molecule has 4 rings (SSSR count). The first-order chi connectivity index (χ1) is 10.8. The van der Waals surface area contributed by atoms with E-state index in [1.54, 1.807) is 11.3 Å². The first kappa shape index (κ1) is 13.3. The number of hydrogen-bond acceptors (Lipinski definition) is 3. The van der Waals surface area contributed by atoms with E-state index >= 15 is 0 Å². The van der Waals surface area contributed by atoms with Gasteiger partial charge in [-0.25, -0.2) is 9.78 Å². The number of carbonyl (C=O) groups is 1. The first-order valence-corrected chi connectivity index (χ1v) is 8.20. The maximum Gasteiger partial charge on any atom is 0.325 e. The summed E-state index contributed by atoms with van der Waals surface area (Å²) in [5, 5.41) is 7.37. The van der Waals surface area contributed by atoms with Gasteiger partial charge in [-0.1, -0.05) is 6.42 Å². The van der Waals surface area contributed by atoms with Gasteiger partial charge in [0.1, 0.15) is 0 Å². The van der Waals surface area contributed by atoms with E-state index in [1.807, 2.05) is 36.7 Å². The highest BCUT2D eigenvalue weighted by Gasteiger charge is 2.22. The smallest absolute Gasteiger partial charge is 0.325 e. The Balaban J connectivity index is 1.42. The SMILES string of the molecule is O=C(Nc1ccc2[nH]ccc2c1)Nc1ncc(C2CCC2)s1. The zero-order chi connectivity index (χ0) is 14.9. The number of H-pyrrole nitrogens is 1. The molecule has 3 aromatic rings. The van der Waals surface area contributed by atoms with Gasteiger partial charge in [0.05, 0.1) is 0 Å². The monoisotopic (exact) mass is 312 g/mol. The molecule has 112 valence electrons. The molecule has 0 radical (unpaired) electrons. The molecule has 0 spiro atoms. The van der Waals surface area contributed by atoms with Crippen molar-refractivity contribution in [3.8, 4) is 0 Å². The fourth-order valence-corrected chi connectivity index (χ4v) is 3.60. The van der Waals surface area contributed by atoms with Gasteiger partial charge in [-0.15, -0.1) is 11.3 Å². The number of fused-ring (bicyclic) bond motifs is 1. The minimum Gasteiger partial charge on any atom is -0.361 e. The van der Waals surface area contributed by atoms with Crippen LogP contribution in [0.4, 0.5) is 15.6 Å². The summed E-state index contributed by atoms with van der Waals surface area (Å²) in [6.45, 7) is 0. The number of urea groups is 1. The average Bonchev–Trinajstić information content (AvgIpc) is 3.05. The van der Waals surface area contributed by atoms with Crippen molar-refractivity contribution < 1.29 is 4.79 Å². The molecule has 22 heavy (non-hydrogen) atoms. The van der Waals surface area contributed by atoms with E-state index in [-0.39, 0.29) is 6.03 Å². The second-order valence-electron chi connectivity index (χ2n) is 5.55. The molecule has 1 aliphatic rings. The minimum atomic E-state index is -0.260. The van der Waals surface area contributed by atoms with Crippen LogP contribution in [0.25, 0.3) is 10.9 Å². The largest absolute Gasteiger partial charge is 0.361 e. The number of anilines is 2. The zero-order valence-corrected chi connectivity index (χ0v) is 12.7. The van der Waals surface area contributed by atoms with E-state index < -0.39 is 0 Å². The molecule has 0 atom stereocenters. The lowest BCUT2D eigenvalue weighted by Gasteiger charge is -2.23. The van der Waals surface area contributed by atoms with Crippen LogP contribution in [-0.4, -0.2) is 16.0 Å². The van der Waals surface area contributed by atoms with Gasteiger partial charge in [0, 0.05) is 33.9 Å². The van der Waals surface area contributed by atoms with E-state index in [0.29, 0.717) is 11.0 Å². The molecule has 1 aliphatic carbocycles. The number of benzene rings is 1. The Morgan fingerprint density at radius 2 is 2.18 bits per heavy atom. The van der Waals surface area contributed by atoms with Gasteiger partial charge in [-0.05, 0) is 43.0 Å². The molecule has 2 heterocycles. The Kier molecular flexibility index (Phi) is 3.31. The molecule has 0 saturated heterocycles. The molecular weight excluding hydrogens is 296 g/mol. The van der Waals surface area contributed by atoms with E-state index in [1.165, 1.54) is 24.1 Å². The lowest BCUT2D eigenvalue weighted by molar-refractivity contribution is 0.262. The Labute approximate surface area is 131 Å². The molecule has 6 heteroatoms. The Hall–Kier alpha value is -2.34. The van der Waals surface area contributed by atoms with Crippen molar-refractivity contribution in [2.24, 2.45) is 0 Å². The average molecular weight is 312 g/mol. The standard InChI is InChI=1S/C16H16N4OS/c21-15(19-12-4-5-13-11(8-12)6-7-17-13)20-16-18-9-14(22-16)10-2-1-3-10/h4-10,17H,1-3H2,(H2,18,19,20,21). The van der Waals surface area contributed by atoms with Crippen LogP contribution in [0.3, 0.4) is 0 Å². The number of nitrogens with zero attached hydrogens (tertiary/aromatic N) is 1. The number of aromatic amines is 1. The van der Waals surface area contributed by atoms with Crippen LogP contribution in [0, 0.1) is 0 Å². The summed E-state index contributed by atoms with van der Waals surface area (Å²) in [7, 11) is 0. The summed E-state index contributed by atoms with van der Waals surface area (Å²) in [5.41, 5.74) is 1.82. The van der Waals surface area contributed by atoms with Crippen LogP contribution >= 0.6 is 11.3 Å². The first-order valence-electron chi connectivity index (χ1n) is 7.39. The summed E-state index contributed by atoms with van der Waals surface area (Å²) in [6.07, 6.45) is 7.55. The number of hydrogen-bond donors (Lipinski definition) is 3. The molecule has 1 fully saturated rings. The van der Waals surface area contributed by atoms with Crippen molar-refractivity contribution in [1.29, 1.82) is 0 Å². The van der Waals surface area contributed by atoms with E-state index in [9.17, 15) is 4.79 Å². The molecule has 1 saturated carbocycles. The topological polar surface area (TPSA) is 69.8 Å². The van der Waals surface area contributed by atoms with Gasteiger partial charge in [0.2, 0.25) is 0 Å². The second-order valence-corrected chi connectivity index (χ2v) is 6.62. The predicted molar refractivity (Wildman–Crippen MR) is 89.6 cm³/mol. The fourth-order valence-electron chi connectivity index (χ4n) is 2.62. The van der Waals surface area contributed by atoms with Crippen molar-refractivity contribution >= 4 is 39.1 Å². The minimum absolute atomic E-state index is 0.260. The second kappa shape index (κ2) is 5.46. The third-order valence-electron chi connectivity index (χ3n) is 4.06. The van der Waals surface area contributed by atoms with Crippen LogP contribution < -0.4 is 10.6 Å². The van der Waals surface area contributed by atoms with Crippen LogP contribution in [0.1, 0.15) is 30.1 Å². The Bertz CT molecular complexity index is 818. The predicted octanol–water partition coefficient (Wildman–Crippen LogP) is 4.54. The van der Waals surface area contributed by atoms with E-state index in [4.69, 9.17) is 0 Å². The number of rotatable bonds is 3. The highest BCUT2D eigenvalue weighted by molar-refractivity contribution is 7.15. The fraction of sp³-hybridized carbons (Fsp3) is 0.250. The molecule has 3 N–H and O–H groups in total. The lowest BCUT2D eigenvalue weighted by atomic mass is 9.85.